The summed E-state index contributed by atoms with van der Waals surface area (Å²) in [7, 11) is 0. The first kappa shape index (κ1) is 15.4. The molecule has 1 atom stereocenters. The third kappa shape index (κ3) is 3.12. The zero-order chi connectivity index (χ0) is 16.0. The van der Waals surface area contributed by atoms with Crippen LogP contribution in [-0.4, -0.2) is 42.4 Å². The minimum Gasteiger partial charge on any atom is -0.347 e. The van der Waals surface area contributed by atoms with Crippen LogP contribution in [-0.2, 0) is 9.59 Å². The summed E-state index contributed by atoms with van der Waals surface area (Å²) in [5, 5.41) is 2.88. The Morgan fingerprint density at radius 2 is 1.70 bits per heavy atom. The van der Waals surface area contributed by atoms with Gasteiger partial charge >= 0.3 is 0 Å². The van der Waals surface area contributed by atoms with Crippen molar-refractivity contribution < 1.29 is 9.59 Å². The first-order valence-corrected chi connectivity index (χ1v) is 9.31. The monoisotopic (exact) mass is 319 g/mol. The molecule has 1 aliphatic heterocycles. The highest BCUT2D eigenvalue weighted by atomic mass is 16.2. The Labute approximate surface area is 138 Å². The van der Waals surface area contributed by atoms with Gasteiger partial charge in [-0.05, 0) is 68.1 Å². The van der Waals surface area contributed by atoms with E-state index in [1.165, 1.54) is 38.5 Å². The van der Waals surface area contributed by atoms with Crippen LogP contribution >= 0.6 is 0 Å². The molecule has 4 saturated carbocycles. The van der Waals surface area contributed by atoms with Crippen molar-refractivity contribution in [3.63, 3.8) is 0 Å². The molecule has 0 aromatic rings. The van der Waals surface area contributed by atoms with Gasteiger partial charge in [0.05, 0.1) is 6.54 Å². The number of nitrogens with one attached hydrogen (secondary N) is 1. The molecular weight excluding hydrogens is 290 g/mol. The van der Waals surface area contributed by atoms with Crippen LogP contribution in [0.25, 0.3) is 0 Å². The Hall–Kier alpha value is -1.10. The van der Waals surface area contributed by atoms with E-state index in [0.29, 0.717) is 13.0 Å². The zero-order valence-corrected chi connectivity index (χ0v) is 13.9. The lowest BCUT2D eigenvalue weighted by Crippen LogP contribution is -2.48. The summed E-state index contributed by atoms with van der Waals surface area (Å²) in [5.41, 5.74) is 6.08. The first-order valence-electron chi connectivity index (χ1n) is 9.31. The highest BCUT2D eigenvalue weighted by Crippen LogP contribution is 2.61. The molecule has 5 nitrogen and oxygen atoms in total. The van der Waals surface area contributed by atoms with Crippen LogP contribution < -0.4 is 11.1 Å². The summed E-state index contributed by atoms with van der Waals surface area (Å²) in [5.74, 6) is 2.67. The molecular formula is C18H29N3O2. The Morgan fingerprint density at radius 3 is 2.22 bits per heavy atom. The van der Waals surface area contributed by atoms with Gasteiger partial charge in [0.1, 0.15) is 0 Å². The lowest BCUT2D eigenvalue weighted by Gasteiger charge is -2.56. The fraction of sp³-hybridized carbons (Fsp3) is 0.889. The summed E-state index contributed by atoms with van der Waals surface area (Å²) >= 11 is 0. The van der Waals surface area contributed by atoms with Crippen molar-refractivity contribution in [2.24, 2.45) is 28.9 Å². The second kappa shape index (κ2) is 5.76. The quantitative estimate of drug-likeness (QED) is 0.819. The Morgan fingerprint density at radius 1 is 1.09 bits per heavy atom. The summed E-state index contributed by atoms with van der Waals surface area (Å²) in [6.07, 6.45) is 9.40. The first-order chi connectivity index (χ1) is 11.0. The molecule has 0 unspecified atom stereocenters. The number of likely N-dealkylation sites (tertiary alicyclic amines) is 1. The summed E-state index contributed by atoms with van der Waals surface area (Å²) in [6, 6.07) is 0.0988. The van der Waals surface area contributed by atoms with Gasteiger partial charge in [0.15, 0.2) is 0 Å². The van der Waals surface area contributed by atoms with Gasteiger partial charge in [-0.25, -0.2) is 0 Å². The largest absolute Gasteiger partial charge is 0.347 e. The maximum atomic E-state index is 12.4. The molecule has 128 valence electrons. The van der Waals surface area contributed by atoms with Crippen molar-refractivity contribution in [1.82, 2.24) is 10.2 Å². The van der Waals surface area contributed by atoms with Crippen molar-refractivity contribution in [2.75, 3.05) is 19.6 Å². The summed E-state index contributed by atoms with van der Waals surface area (Å²) in [6.45, 7) is 1.49. The fourth-order valence-corrected chi connectivity index (χ4v) is 6.21. The minimum absolute atomic E-state index is 0.0109. The van der Waals surface area contributed by atoms with Crippen molar-refractivity contribution in [3.05, 3.63) is 0 Å². The van der Waals surface area contributed by atoms with Gasteiger partial charge < -0.3 is 16.0 Å². The van der Waals surface area contributed by atoms with Crippen molar-refractivity contribution in [1.29, 1.82) is 0 Å². The molecule has 4 bridgehead atoms. The number of nitrogens with zero attached hydrogens (tertiary/aromatic N) is 1. The molecule has 0 radical (unpaired) electrons. The summed E-state index contributed by atoms with van der Waals surface area (Å²) < 4.78 is 0. The van der Waals surface area contributed by atoms with Gasteiger partial charge in [-0.3, -0.25) is 9.59 Å². The van der Waals surface area contributed by atoms with E-state index in [9.17, 15) is 9.59 Å². The number of carbonyl (C=O) groups excluding carboxylic acids is 2. The third-order valence-electron chi connectivity index (χ3n) is 6.71. The van der Waals surface area contributed by atoms with Gasteiger partial charge in [-0.15, -0.1) is 0 Å². The molecule has 5 rings (SSSR count). The highest BCUT2D eigenvalue weighted by Gasteiger charge is 2.51. The zero-order valence-electron chi connectivity index (χ0n) is 13.9. The van der Waals surface area contributed by atoms with Gasteiger partial charge in [-0.1, -0.05) is 0 Å². The molecule has 2 amide bonds. The minimum atomic E-state index is 0.0109. The van der Waals surface area contributed by atoms with E-state index in [1.54, 1.807) is 4.90 Å². The van der Waals surface area contributed by atoms with E-state index in [1.807, 2.05) is 0 Å². The fourth-order valence-electron chi connectivity index (χ4n) is 6.21. The number of carbonyl (C=O) groups is 2. The molecule has 0 spiro atoms. The molecule has 4 aliphatic carbocycles. The molecule has 5 fully saturated rings. The Balaban J connectivity index is 1.28. The van der Waals surface area contributed by atoms with E-state index >= 15 is 0 Å². The SMILES string of the molecule is N[C@@H]1CCN(C(=O)CNC(=O)CC23CC4CC(CC(C4)C2)C3)C1. The van der Waals surface area contributed by atoms with Crippen LogP contribution in [0.2, 0.25) is 0 Å². The number of hydrogen-bond acceptors (Lipinski definition) is 3. The predicted octanol–water partition coefficient (Wildman–Crippen LogP) is 1.27. The molecule has 0 aromatic heterocycles. The molecule has 3 N–H and O–H groups in total. The third-order valence-corrected chi connectivity index (χ3v) is 6.71. The van der Waals surface area contributed by atoms with E-state index < -0.39 is 0 Å². The van der Waals surface area contributed by atoms with Gasteiger partial charge in [-0.2, -0.15) is 0 Å². The highest BCUT2D eigenvalue weighted by molar-refractivity contribution is 5.85. The summed E-state index contributed by atoms with van der Waals surface area (Å²) in [4.78, 5) is 26.3. The van der Waals surface area contributed by atoms with Crippen LogP contribution in [0.4, 0.5) is 0 Å². The van der Waals surface area contributed by atoms with Crippen molar-refractivity contribution in [3.8, 4) is 0 Å². The van der Waals surface area contributed by atoms with E-state index in [2.05, 4.69) is 5.32 Å². The average molecular weight is 319 g/mol. The maximum Gasteiger partial charge on any atom is 0.242 e. The number of amides is 2. The molecule has 1 saturated heterocycles. The van der Waals surface area contributed by atoms with E-state index in [-0.39, 0.29) is 29.8 Å². The van der Waals surface area contributed by atoms with Crippen LogP contribution in [0.15, 0.2) is 0 Å². The van der Waals surface area contributed by atoms with Gasteiger partial charge in [0.25, 0.3) is 0 Å². The average Bonchev–Trinajstić information content (AvgIpc) is 2.89. The molecule has 5 heteroatoms. The normalized spacial score (nSPS) is 41.3. The predicted molar refractivity (Wildman–Crippen MR) is 87.4 cm³/mol. The second-order valence-corrected chi connectivity index (χ2v) is 8.76. The van der Waals surface area contributed by atoms with Crippen LogP contribution in [0.5, 0.6) is 0 Å². The maximum absolute atomic E-state index is 12.4. The Kier molecular flexibility index (Phi) is 3.87. The second-order valence-electron chi connectivity index (χ2n) is 8.76. The Bertz CT molecular complexity index is 469. The van der Waals surface area contributed by atoms with Crippen LogP contribution in [0, 0.1) is 23.2 Å². The van der Waals surface area contributed by atoms with Crippen LogP contribution in [0.1, 0.15) is 51.4 Å². The lowest BCUT2D eigenvalue weighted by molar-refractivity contribution is -0.135. The smallest absolute Gasteiger partial charge is 0.242 e. The van der Waals surface area contributed by atoms with Gasteiger partial charge in [0.2, 0.25) is 11.8 Å². The lowest BCUT2D eigenvalue weighted by atomic mass is 9.49. The van der Waals surface area contributed by atoms with E-state index in [0.717, 1.165) is 30.7 Å². The number of hydrogen-bond donors (Lipinski definition) is 2. The van der Waals surface area contributed by atoms with E-state index in [4.69, 9.17) is 5.73 Å². The molecule has 0 aromatic carbocycles. The van der Waals surface area contributed by atoms with Crippen molar-refractivity contribution >= 4 is 11.8 Å². The number of rotatable bonds is 4. The molecule has 23 heavy (non-hydrogen) atoms. The number of nitrogens with two attached hydrogens (primary N) is 1. The van der Waals surface area contributed by atoms with Crippen LogP contribution in [0.3, 0.4) is 0 Å². The molecule has 5 aliphatic rings. The topological polar surface area (TPSA) is 75.4 Å². The standard InChI is InChI=1S/C18H29N3O2/c19-15-1-2-21(11-15)17(23)10-20-16(22)9-18-6-12-3-13(7-18)5-14(4-12)8-18/h12-15H,1-11,19H2,(H,20,22)/t12?,13?,14?,15-,18?/m1/s1. The molecule has 1 heterocycles. The van der Waals surface area contributed by atoms with Gasteiger partial charge in [0, 0.05) is 25.6 Å². The van der Waals surface area contributed by atoms with Crippen molar-refractivity contribution in [2.45, 2.75) is 57.4 Å².